The van der Waals surface area contributed by atoms with Gasteiger partial charge in [0.1, 0.15) is 0 Å². The van der Waals surface area contributed by atoms with Crippen LogP contribution < -0.4 is 5.73 Å². The van der Waals surface area contributed by atoms with Crippen LogP contribution in [0.3, 0.4) is 0 Å². The van der Waals surface area contributed by atoms with Crippen molar-refractivity contribution in [1.29, 1.82) is 0 Å². The molecule has 0 aromatic rings. The zero-order valence-electron chi connectivity index (χ0n) is 9.21. The van der Waals surface area contributed by atoms with Gasteiger partial charge in [-0.25, -0.2) is 0 Å². The lowest BCUT2D eigenvalue weighted by Gasteiger charge is -2.23. The Morgan fingerprint density at radius 3 is 2.31 bits per heavy atom. The maximum absolute atomic E-state index is 11.7. The first kappa shape index (κ1) is 12.4. The molecule has 0 aliphatic rings. The van der Waals surface area contributed by atoms with Gasteiger partial charge in [-0.05, 0) is 18.9 Å². The molecule has 0 saturated carbocycles. The third-order valence-corrected chi connectivity index (χ3v) is 2.46. The molecule has 0 radical (unpaired) electrons. The number of hydrogen-bond donors (Lipinski definition) is 1. The summed E-state index contributed by atoms with van der Waals surface area (Å²) < 4.78 is 0. The SMILES string of the molecule is CC(C)C(C)C(=O)N(C)CCCN. The lowest BCUT2D eigenvalue weighted by Crippen LogP contribution is -2.35. The smallest absolute Gasteiger partial charge is 0.225 e. The molecule has 1 unspecified atom stereocenters. The summed E-state index contributed by atoms with van der Waals surface area (Å²) in [5.74, 6) is 0.749. The largest absolute Gasteiger partial charge is 0.345 e. The van der Waals surface area contributed by atoms with Gasteiger partial charge in [-0.1, -0.05) is 20.8 Å². The van der Waals surface area contributed by atoms with E-state index in [1.807, 2.05) is 14.0 Å². The van der Waals surface area contributed by atoms with E-state index in [1.54, 1.807) is 4.90 Å². The molecule has 1 amide bonds. The molecule has 0 aliphatic heterocycles. The number of carbonyl (C=O) groups excluding carboxylic acids is 1. The molecule has 3 nitrogen and oxygen atoms in total. The van der Waals surface area contributed by atoms with E-state index in [0.29, 0.717) is 12.5 Å². The van der Waals surface area contributed by atoms with Gasteiger partial charge in [0.15, 0.2) is 0 Å². The molecule has 0 bridgehead atoms. The molecule has 0 rings (SSSR count). The van der Waals surface area contributed by atoms with Crippen LogP contribution in [0.4, 0.5) is 0 Å². The number of amides is 1. The first-order valence-electron chi connectivity index (χ1n) is 4.95. The summed E-state index contributed by atoms with van der Waals surface area (Å²) in [7, 11) is 1.84. The van der Waals surface area contributed by atoms with Gasteiger partial charge >= 0.3 is 0 Å². The van der Waals surface area contributed by atoms with Crippen LogP contribution in [0.15, 0.2) is 0 Å². The fourth-order valence-electron chi connectivity index (χ4n) is 1.07. The third-order valence-electron chi connectivity index (χ3n) is 2.46. The molecule has 0 heterocycles. The van der Waals surface area contributed by atoms with Crippen molar-refractivity contribution in [3.8, 4) is 0 Å². The Kier molecular flexibility index (Phi) is 5.71. The summed E-state index contributed by atoms with van der Waals surface area (Å²) in [6.07, 6.45) is 0.882. The van der Waals surface area contributed by atoms with Gasteiger partial charge in [-0.3, -0.25) is 4.79 Å². The highest BCUT2D eigenvalue weighted by molar-refractivity contribution is 5.78. The van der Waals surface area contributed by atoms with E-state index in [9.17, 15) is 4.79 Å². The van der Waals surface area contributed by atoms with E-state index in [2.05, 4.69) is 13.8 Å². The van der Waals surface area contributed by atoms with E-state index < -0.39 is 0 Å². The minimum atomic E-state index is 0.114. The van der Waals surface area contributed by atoms with Crippen LogP contribution in [0.5, 0.6) is 0 Å². The number of hydrogen-bond acceptors (Lipinski definition) is 2. The Labute approximate surface area is 81.3 Å². The van der Waals surface area contributed by atoms with Gasteiger partial charge in [-0.2, -0.15) is 0 Å². The zero-order chi connectivity index (χ0) is 10.4. The Hall–Kier alpha value is -0.570. The molecule has 78 valence electrons. The fourth-order valence-corrected chi connectivity index (χ4v) is 1.07. The van der Waals surface area contributed by atoms with Crippen molar-refractivity contribution < 1.29 is 4.79 Å². The van der Waals surface area contributed by atoms with E-state index >= 15 is 0 Å². The first-order chi connectivity index (χ1) is 6.00. The molecular formula is C10H22N2O. The van der Waals surface area contributed by atoms with Crippen LogP contribution in [0.25, 0.3) is 0 Å². The van der Waals surface area contributed by atoms with Gasteiger partial charge in [-0.15, -0.1) is 0 Å². The Morgan fingerprint density at radius 1 is 1.38 bits per heavy atom. The predicted molar refractivity (Wildman–Crippen MR) is 55.3 cm³/mol. The lowest BCUT2D eigenvalue weighted by molar-refractivity contribution is -0.134. The van der Waals surface area contributed by atoms with E-state index in [1.165, 1.54) is 0 Å². The molecule has 2 N–H and O–H groups in total. The van der Waals surface area contributed by atoms with Gasteiger partial charge in [0.2, 0.25) is 5.91 Å². The number of carbonyl (C=O) groups is 1. The average Bonchev–Trinajstić information content (AvgIpc) is 2.11. The minimum absolute atomic E-state index is 0.114. The minimum Gasteiger partial charge on any atom is -0.345 e. The monoisotopic (exact) mass is 186 g/mol. The summed E-state index contributed by atoms with van der Waals surface area (Å²) in [4.78, 5) is 13.5. The van der Waals surface area contributed by atoms with Crippen molar-refractivity contribution in [1.82, 2.24) is 4.90 Å². The number of nitrogens with two attached hydrogens (primary N) is 1. The number of nitrogens with zero attached hydrogens (tertiary/aromatic N) is 1. The fraction of sp³-hybridized carbons (Fsp3) is 0.900. The lowest BCUT2D eigenvalue weighted by atomic mass is 9.97. The van der Waals surface area contributed by atoms with Crippen molar-refractivity contribution >= 4 is 5.91 Å². The van der Waals surface area contributed by atoms with Crippen molar-refractivity contribution in [3.63, 3.8) is 0 Å². The van der Waals surface area contributed by atoms with Crippen LogP contribution in [-0.2, 0) is 4.79 Å². The molecule has 0 aromatic carbocycles. The Morgan fingerprint density at radius 2 is 1.92 bits per heavy atom. The van der Waals surface area contributed by atoms with Gasteiger partial charge < -0.3 is 10.6 Å². The Balaban J connectivity index is 3.94. The van der Waals surface area contributed by atoms with Gasteiger partial charge in [0, 0.05) is 19.5 Å². The quantitative estimate of drug-likeness (QED) is 0.698. The number of rotatable bonds is 5. The van der Waals surface area contributed by atoms with Crippen LogP contribution >= 0.6 is 0 Å². The van der Waals surface area contributed by atoms with Crippen molar-refractivity contribution in [2.45, 2.75) is 27.2 Å². The van der Waals surface area contributed by atoms with Gasteiger partial charge in [0.25, 0.3) is 0 Å². The third kappa shape index (κ3) is 4.27. The molecule has 0 spiro atoms. The molecule has 3 heteroatoms. The molecule has 0 fully saturated rings. The molecular weight excluding hydrogens is 164 g/mol. The van der Waals surface area contributed by atoms with E-state index in [-0.39, 0.29) is 11.8 Å². The average molecular weight is 186 g/mol. The summed E-state index contributed by atoms with van der Waals surface area (Å²) in [6.45, 7) is 7.53. The zero-order valence-corrected chi connectivity index (χ0v) is 9.21. The topological polar surface area (TPSA) is 46.3 Å². The highest BCUT2D eigenvalue weighted by Crippen LogP contribution is 2.12. The van der Waals surface area contributed by atoms with Crippen molar-refractivity contribution in [2.24, 2.45) is 17.6 Å². The van der Waals surface area contributed by atoms with Crippen LogP contribution in [0.2, 0.25) is 0 Å². The summed E-state index contributed by atoms with van der Waals surface area (Å²) in [5.41, 5.74) is 5.37. The Bertz CT molecular complexity index is 157. The normalized spacial score (nSPS) is 13.1. The highest BCUT2D eigenvalue weighted by atomic mass is 16.2. The summed E-state index contributed by atoms with van der Waals surface area (Å²) >= 11 is 0. The molecule has 1 atom stereocenters. The van der Waals surface area contributed by atoms with Crippen LogP contribution in [0, 0.1) is 11.8 Å². The van der Waals surface area contributed by atoms with E-state index in [0.717, 1.165) is 13.0 Å². The summed E-state index contributed by atoms with van der Waals surface area (Å²) in [6, 6.07) is 0. The molecule has 0 aliphatic carbocycles. The molecule has 0 aromatic heterocycles. The van der Waals surface area contributed by atoms with Crippen molar-refractivity contribution in [3.05, 3.63) is 0 Å². The second-order valence-electron chi connectivity index (χ2n) is 3.93. The standard InChI is InChI=1S/C10H22N2O/c1-8(2)9(3)10(13)12(4)7-5-6-11/h8-9H,5-7,11H2,1-4H3. The highest BCUT2D eigenvalue weighted by Gasteiger charge is 2.19. The predicted octanol–water partition coefficient (Wildman–Crippen LogP) is 1.09. The van der Waals surface area contributed by atoms with Gasteiger partial charge in [0.05, 0.1) is 0 Å². The first-order valence-corrected chi connectivity index (χ1v) is 4.95. The van der Waals surface area contributed by atoms with Crippen LogP contribution in [-0.4, -0.2) is 30.9 Å². The van der Waals surface area contributed by atoms with Crippen molar-refractivity contribution in [2.75, 3.05) is 20.1 Å². The van der Waals surface area contributed by atoms with Crippen LogP contribution in [0.1, 0.15) is 27.2 Å². The summed E-state index contributed by atoms with van der Waals surface area (Å²) in [5, 5.41) is 0. The second-order valence-corrected chi connectivity index (χ2v) is 3.93. The maximum Gasteiger partial charge on any atom is 0.225 e. The van der Waals surface area contributed by atoms with E-state index in [4.69, 9.17) is 5.73 Å². The second kappa shape index (κ2) is 5.97. The maximum atomic E-state index is 11.7. The molecule has 0 saturated heterocycles. The molecule has 13 heavy (non-hydrogen) atoms.